The van der Waals surface area contributed by atoms with Crippen LogP contribution in [0.1, 0.15) is 31.0 Å². The normalized spacial score (nSPS) is 20.9. The molecule has 1 unspecified atom stereocenters. The molecule has 0 saturated carbocycles. The molecule has 2 aromatic rings. The van der Waals surface area contributed by atoms with Gasteiger partial charge < -0.3 is 4.90 Å². The van der Waals surface area contributed by atoms with Gasteiger partial charge >= 0.3 is 0 Å². The van der Waals surface area contributed by atoms with Crippen LogP contribution in [0.2, 0.25) is 0 Å². The first-order valence-corrected chi connectivity index (χ1v) is 7.18. The van der Waals surface area contributed by atoms with Gasteiger partial charge in [0.15, 0.2) is 0 Å². The van der Waals surface area contributed by atoms with Crippen LogP contribution in [0.5, 0.6) is 0 Å². The maximum Gasteiger partial charge on any atom is 0.230 e. The number of allylic oxidation sites excluding steroid dienone is 1. The monoisotopic (exact) mass is 264 g/mol. The summed E-state index contributed by atoms with van der Waals surface area (Å²) in [6.07, 6.45) is 3.93. The van der Waals surface area contributed by atoms with E-state index >= 15 is 0 Å². The molecule has 3 nitrogen and oxygen atoms in total. The number of rotatable bonds is 1. The van der Waals surface area contributed by atoms with Gasteiger partial charge in [-0.05, 0) is 25.0 Å². The van der Waals surface area contributed by atoms with Crippen LogP contribution in [0.25, 0.3) is 16.6 Å². The Kier molecular flexibility index (Phi) is 2.43. The van der Waals surface area contributed by atoms with Crippen LogP contribution in [-0.4, -0.2) is 15.8 Å². The molecule has 1 amide bonds. The number of hydrogen-bond acceptors (Lipinski definition) is 2. The molecule has 4 rings (SSSR count). The van der Waals surface area contributed by atoms with E-state index in [9.17, 15) is 4.79 Å². The van der Waals surface area contributed by atoms with E-state index in [1.807, 2.05) is 23.1 Å². The van der Waals surface area contributed by atoms with Gasteiger partial charge in [-0.3, -0.25) is 4.79 Å². The Balaban J connectivity index is 1.86. The summed E-state index contributed by atoms with van der Waals surface area (Å²) in [5.74, 6) is 0.398. The third-order valence-electron chi connectivity index (χ3n) is 4.37. The van der Waals surface area contributed by atoms with Crippen LogP contribution in [0, 0.1) is 5.92 Å². The number of carbonyl (C=O) groups is 1. The average molecular weight is 264 g/mol. The maximum atomic E-state index is 12.5. The number of fused-ring (bicyclic) bond motifs is 4. The smallest absolute Gasteiger partial charge is 0.230 e. The molecule has 3 heteroatoms. The summed E-state index contributed by atoms with van der Waals surface area (Å²) in [6.45, 7) is 2.76. The van der Waals surface area contributed by atoms with Gasteiger partial charge in [0, 0.05) is 16.9 Å². The fourth-order valence-electron chi connectivity index (χ4n) is 3.21. The summed E-state index contributed by atoms with van der Waals surface area (Å²) >= 11 is 0. The Hall–Kier alpha value is -2.16. The highest BCUT2D eigenvalue weighted by atomic mass is 16.2. The van der Waals surface area contributed by atoms with Crippen molar-refractivity contribution < 1.29 is 4.79 Å². The SMILES string of the molecule is CCC1CC=C2c3nc4ccccc4cc3CN2C1=O. The predicted octanol–water partition coefficient (Wildman–Crippen LogP) is 3.35. The van der Waals surface area contributed by atoms with Crippen LogP contribution < -0.4 is 0 Å². The van der Waals surface area contributed by atoms with Crippen LogP contribution in [0.15, 0.2) is 36.4 Å². The minimum atomic E-state index is 0.141. The molecule has 1 atom stereocenters. The summed E-state index contributed by atoms with van der Waals surface area (Å²) in [5.41, 5.74) is 4.17. The lowest BCUT2D eigenvalue weighted by atomic mass is 9.96. The van der Waals surface area contributed by atoms with Crippen molar-refractivity contribution in [3.63, 3.8) is 0 Å². The molecular weight excluding hydrogens is 248 g/mol. The number of para-hydroxylation sites is 1. The zero-order valence-electron chi connectivity index (χ0n) is 11.5. The molecule has 1 aromatic carbocycles. The van der Waals surface area contributed by atoms with Gasteiger partial charge in [-0.1, -0.05) is 31.2 Å². The highest BCUT2D eigenvalue weighted by molar-refractivity contribution is 5.94. The van der Waals surface area contributed by atoms with Crippen molar-refractivity contribution in [2.45, 2.75) is 26.3 Å². The van der Waals surface area contributed by atoms with Gasteiger partial charge in [0.2, 0.25) is 5.91 Å². The van der Waals surface area contributed by atoms with E-state index in [0.717, 1.165) is 35.1 Å². The second kappa shape index (κ2) is 4.17. The summed E-state index contributed by atoms with van der Waals surface area (Å²) < 4.78 is 0. The number of pyridine rings is 1. The second-order valence-corrected chi connectivity index (χ2v) is 5.54. The second-order valence-electron chi connectivity index (χ2n) is 5.54. The van der Waals surface area contributed by atoms with Gasteiger partial charge in [-0.2, -0.15) is 0 Å². The highest BCUT2D eigenvalue weighted by Crippen LogP contribution is 2.38. The van der Waals surface area contributed by atoms with Crippen LogP contribution in [0.4, 0.5) is 0 Å². The number of amides is 1. The molecular formula is C17H16N2O. The zero-order valence-corrected chi connectivity index (χ0v) is 11.5. The molecule has 0 radical (unpaired) electrons. The van der Waals surface area contributed by atoms with Crippen LogP contribution >= 0.6 is 0 Å². The lowest BCUT2D eigenvalue weighted by Crippen LogP contribution is -2.33. The molecule has 2 aliphatic heterocycles. The maximum absolute atomic E-state index is 12.5. The van der Waals surface area contributed by atoms with Gasteiger partial charge in [0.1, 0.15) is 0 Å². The van der Waals surface area contributed by atoms with Gasteiger partial charge in [0.05, 0.1) is 23.5 Å². The number of carbonyl (C=O) groups excluding carboxylic acids is 1. The number of benzene rings is 1. The number of nitrogens with zero attached hydrogens (tertiary/aromatic N) is 2. The van der Waals surface area contributed by atoms with E-state index in [4.69, 9.17) is 4.98 Å². The Labute approximate surface area is 117 Å². The van der Waals surface area contributed by atoms with E-state index < -0.39 is 0 Å². The molecule has 0 aliphatic carbocycles. The summed E-state index contributed by atoms with van der Waals surface area (Å²) in [5, 5.41) is 1.14. The van der Waals surface area contributed by atoms with Crippen molar-refractivity contribution in [2.24, 2.45) is 5.92 Å². The summed E-state index contributed by atoms with van der Waals surface area (Å²) in [4.78, 5) is 19.1. The van der Waals surface area contributed by atoms with Gasteiger partial charge in [0.25, 0.3) is 0 Å². The van der Waals surface area contributed by atoms with E-state index in [1.165, 1.54) is 5.56 Å². The van der Waals surface area contributed by atoms with Gasteiger partial charge in [-0.15, -0.1) is 0 Å². The van der Waals surface area contributed by atoms with E-state index in [1.54, 1.807) is 0 Å². The Morgan fingerprint density at radius 3 is 3.05 bits per heavy atom. The molecule has 0 spiro atoms. The Morgan fingerprint density at radius 2 is 2.20 bits per heavy atom. The molecule has 20 heavy (non-hydrogen) atoms. The fourth-order valence-corrected chi connectivity index (χ4v) is 3.21. The predicted molar refractivity (Wildman–Crippen MR) is 78.7 cm³/mol. The lowest BCUT2D eigenvalue weighted by Gasteiger charge is -2.27. The minimum Gasteiger partial charge on any atom is -0.306 e. The highest BCUT2D eigenvalue weighted by Gasteiger charge is 2.36. The van der Waals surface area contributed by atoms with E-state index in [-0.39, 0.29) is 11.8 Å². The van der Waals surface area contributed by atoms with E-state index in [0.29, 0.717) is 6.54 Å². The van der Waals surface area contributed by atoms with Crippen LogP contribution in [0.3, 0.4) is 0 Å². The average Bonchev–Trinajstić information content (AvgIpc) is 2.84. The molecule has 0 N–H and O–H groups in total. The molecule has 0 fully saturated rings. The van der Waals surface area contributed by atoms with Crippen molar-refractivity contribution in [1.29, 1.82) is 0 Å². The van der Waals surface area contributed by atoms with Crippen molar-refractivity contribution in [3.8, 4) is 0 Å². The molecule has 0 bridgehead atoms. The van der Waals surface area contributed by atoms with Crippen LogP contribution in [-0.2, 0) is 11.3 Å². The fraction of sp³-hybridized carbons (Fsp3) is 0.294. The summed E-state index contributed by atoms with van der Waals surface area (Å²) in [6, 6.07) is 10.3. The van der Waals surface area contributed by atoms with Gasteiger partial charge in [-0.25, -0.2) is 4.98 Å². The first-order valence-electron chi connectivity index (χ1n) is 7.18. The zero-order chi connectivity index (χ0) is 13.7. The van der Waals surface area contributed by atoms with Crippen molar-refractivity contribution in [1.82, 2.24) is 9.88 Å². The lowest BCUT2D eigenvalue weighted by molar-refractivity contribution is -0.133. The number of aromatic nitrogens is 1. The third-order valence-corrected chi connectivity index (χ3v) is 4.37. The standard InChI is InChI=1S/C17H16N2O/c1-2-11-7-8-15-16-13(10-19(15)17(11)20)9-12-5-3-4-6-14(12)18-16/h3-6,8-9,11H,2,7,10H2,1H3. The third kappa shape index (κ3) is 1.52. The van der Waals surface area contributed by atoms with E-state index in [2.05, 4.69) is 25.1 Å². The topological polar surface area (TPSA) is 33.2 Å². The molecule has 0 saturated heterocycles. The molecule has 1 aromatic heterocycles. The Bertz CT molecular complexity index is 748. The minimum absolute atomic E-state index is 0.141. The largest absolute Gasteiger partial charge is 0.306 e. The molecule has 2 aliphatic rings. The van der Waals surface area contributed by atoms with Crippen molar-refractivity contribution >= 4 is 22.5 Å². The summed E-state index contributed by atoms with van der Waals surface area (Å²) in [7, 11) is 0. The first-order chi connectivity index (χ1) is 9.78. The Morgan fingerprint density at radius 1 is 1.35 bits per heavy atom. The molecule has 100 valence electrons. The van der Waals surface area contributed by atoms with Crippen molar-refractivity contribution in [3.05, 3.63) is 47.7 Å². The quantitative estimate of drug-likeness (QED) is 0.791. The first kappa shape index (κ1) is 11.6. The van der Waals surface area contributed by atoms with Crippen molar-refractivity contribution in [2.75, 3.05) is 0 Å². The number of hydrogen-bond donors (Lipinski definition) is 0. The molecule has 3 heterocycles.